The summed E-state index contributed by atoms with van der Waals surface area (Å²) in [5, 5.41) is 18.8. The Labute approximate surface area is 322 Å². The first-order valence-corrected chi connectivity index (χ1v) is 22.3. The van der Waals surface area contributed by atoms with Crippen LogP contribution in [0.25, 0.3) is 98.0 Å². The zero-order valence-electron chi connectivity index (χ0n) is 31.0. The predicted octanol–water partition coefficient (Wildman–Crippen LogP) is 13.9. The van der Waals surface area contributed by atoms with Crippen LogP contribution in [-0.2, 0) is 0 Å². The molecule has 0 bridgehead atoms. The lowest BCUT2D eigenvalue weighted by Gasteiger charge is -2.27. The minimum absolute atomic E-state index is 1.24. The third kappa shape index (κ3) is 4.97. The van der Waals surface area contributed by atoms with Crippen molar-refractivity contribution < 1.29 is 0 Å². The molecule has 11 aromatic carbocycles. The molecule has 258 valence electrons. The van der Waals surface area contributed by atoms with E-state index in [2.05, 4.69) is 207 Å². The van der Waals surface area contributed by atoms with E-state index in [1.807, 2.05) is 0 Å². The smallest absolute Gasteiger partial charge is 0.0620 e. The van der Waals surface area contributed by atoms with Gasteiger partial charge < -0.3 is 0 Å². The van der Waals surface area contributed by atoms with E-state index in [-0.39, 0.29) is 0 Å². The van der Waals surface area contributed by atoms with Crippen molar-refractivity contribution in [2.45, 2.75) is 13.1 Å². The fourth-order valence-corrected chi connectivity index (χ4v) is 12.1. The molecule has 0 heterocycles. The Bertz CT molecular complexity index is 3190. The molecule has 0 saturated heterocycles. The predicted molar refractivity (Wildman–Crippen MR) is 242 cm³/mol. The summed E-state index contributed by atoms with van der Waals surface area (Å²) in [4.78, 5) is 0. The van der Waals surface area contributed by atoms with Crippen molar-refractivity contribution in [2.24, 2.45) is 0 Å². The molecule has 0 aliphatic carbocycles. The van der Waals surface area contributed by atoms with Gasteiger partial charge in [0.2, 0.25) is 0 Å². The van der Waals surface area contributed by atoms with E-state index in [0.717, 1.165) is 0 Å². The Morgan fingerprint density at radius 2 is 0.727 bits per heavy atom. The van der Waals surface area contributed by atoms with Gasteiger partial charge in [0.15, 0.2) is 0 Å². The van der Waals surface area contributed by atoms with Crippen LogP contribution in [0, 0.1) is 0 Å². The molecule has 0 aromatic heterocycles. The molecule has 0 N–H and O–H groups in total. The van der Waals surface area contributed by atoms with E-state index in [4.69, 9.17) is 0 Å². The average Bonchev–Trinajstić information content (AvgIpc) is 3.24. The SMILES string of the molecule is C[Si](C)(c1ccc(-c2ccc(-c3c4ccccc4c(-c4ccc5ccccc5c4)c4ccccc34)cc2)cc1)c1ccc2ccc3cccc4ccc1c2c34. The van der Waals surface area contributed by atoms with Gasteiger partial charge in [-0.15, -0.1) is 0 Å². The van der Waals surface area contributed by atoms with Gasteiger partial charge in [0, 0.05) is 0 Å². The fraction of sp³-hybridized carbons (Fsp3) is 0.0370. The van der Waals surface area contributed by atoms with Gasteiger partial charge in [0.1, 0.15) is 8.07 Å². The molecule has 0 amide bonds. The van der Waals surface area contributed by atoms with Gasteiger partial charge in [-0.2, -0.15) is 0 Å². The largest absolute Gasteiger partial charge is 0.113 e. The summed E-state index contributed by atoms with van der Waals surface area (Å²) in [5.41, 5.74) is 7.56. The first kappa shape index (κ1) is 31.9. The Morgan fingerprint density at radius 1 is 0.291 bits per heavy atom. The van der Waals surface area contributed by atoms with Crippen molar-refractivity contribution in [2.75, 3.05) is 0 Å². The molecule has 0 saturated carbocycles. The molecule has 0 spiro atoms. The molecule has 0 unspecified atom stereocenters. The molecule has 0 aliphatic rings. The van der Waals surface area contributed by atoms with Crippen molar-refractivity contribution in [1.82, 2.24) is 0 Å². The average molecular weight is 715 g/mol. The highest BCUT2D eigenvalue weighted by Crippen LogP contribution is 2.44. The van der Waals surface area contributed by atoms with E-state index in [1.54, 1.807) is 0 Å². The quantitative estimate of drug-likeness (QED) is 0.0946. The maximum Gasteiger partial charge on any atom is 0.113 e. The lowest BCUT2D eigenvalue weighted by atomic mass is 9.85. The highest BCUT2D eigenvalue weighted by molar-refractivity contribution is 7.01. The standard InChI is InChI=1S/C54H38Si/c1-55(2,50-33-29-41-24-23-38-12-9-13-39-28-32-49(50)54(41)51(38)39)44-30-26-37(27-31-44)36-18-21-40(22-19-36)52-45-14-5-7-16-47(45)53(48-17-8-6-15-46(48)52)43-25-20-35-10-3-4-11-42(35)34-43/h3-34H,1-2H3. The second-order valence-electron chi connectivity index (χ2n) is 15.7. The van der Waals surface area contributed by atoms with Crippen molar-refractivity contribution in [3.63, 3.8) is 0 Å². The van der Waals surface area contributed by atoms with E-state index < -0.39 is 8.07 Å². The van der Waals surface area contributed by atoms with Crippen molar-refractivity contribution in [3.05, 3.63) is 194 Å². The summed E-state index contributed by atoms with van der Waals surface area (Å²) in [7, 11) is -2.02. The summed E-state index contributed by atoms with van der Waals surface area (Å²) in [6, 6.07) is 72.7. The van der Waals surface area contributed by atoms with Crippen LogP contribution in [0.2, 0.25) is 13.1 Å². The van der Waals surface area contributed by atoms with Gasteiger partial charge >= 0.3 is 0 Å². The zero-order chi connectivity index (χ0) is 36.7. The van der Waals surface area contributed by atoms with Crippen LogP contribution in [0.1, 0.15) is 0 Å². The van der Waals surface area contributed by atoms with Gasteiger partial charge in [-0.1, -0.05) is 206 Å². The minimum Gasteiger partial charge on any atom is -0.0620 e. The molecule has 0 radical (unpaired) electrons. The van der Waals surface area contributed by atoms with E-state index in [9.17, 15) is 0 Å². The highest BCUT2D eigenvalue weighted by atomic mass is 28.3. The van der Waals surface area contributed by atoms with E-state index >= 15 is 0 Å². The van der Waals surface area contributed by atoms with Crippen LogP contribution in [0.5, 0.6) is 0 Å². The number of rotatable bonds is 5. The normalized spacial score (nSPS) is 12.2. The third-order valence-electron chi connectivity index (χ3n) is 12.3. The second kappa shape index (κ2) is 12.2. The Kier molecular flexibility index (Phi) is 7.11. The molecular formula is C54H38Si. The Balaban J connectivity index is 0.970. The number of benzene rings is 11. The lowest BCUT2D eigenvalue weighted by molar-refractivity contribution is 1.61. The fourth-order valence-electron chi connectivity index (χ4n) is 9.44. The number of hydrogen-bond acceptors (Lipinski definition) is 0. The van der Waals surface area contributed by atoms with Crippen molar-refractivity contribution >= 4 is 83.1 Å². The number of hydrogen-bond donors (Lipinski definition) is 0. The van der Waals surface area contributed by atoms with E-state index in [1.165, 1.54) is 108 Å². The topological polar surface area (TPSA) is 0 Å². The molecule has 0 fully saturated rings. The second-order valence-corrected chi connectivity index (χ2v) is 20.0. The van der Waals surface area contributed by atoms with Crippen LogP contribution < -0.4 is 10.4 Å². The maximum atomic E-state index is 2.50. The van der Waals surface area contributed by atoms with Crippen LogP contribution in [0.4, 0.5) is 0 Å². The van der Waals surface area contributed by atoms with Gasteiger partial charge in [-0.05, 0) is 109 Å². The van der Waals surface area contributed by atoms with Gasteiger partial charge in [0.05, 0.1) is 0 Å². The third-order valence-corrected chi connectivity index (χ3v) is 15.8. The summed E-state index contributed by atoms with van der Waals surface area (Å²) >= 11 is 0. The summed E-state index contributed by atoms with van der Waals surface area (Å²) in [6.45, 7) is 5.01. The summed E-state index contributed by atoms with van der Waals surface area (Å²) < 4.78 is 0. The molecule has 1 heteroatoms. The van der Waals surface area contributed by atoms with Crippen LogP contribution in [0.15, 0.2) is 194 Å². The Morgan fingerprint density at radius 3 is 1.36 bits per heavy atom. The molecule has 11 aromatic rings. The zero-order valence-corrected chi connectivity index (χ0v) is 32.0. The lowest BCUT2D eigenvalue weighted by Crippen LogP contribution is -2.53. The maximum absolute atomic E-state index is 2.50. The molecule has 0 atom stereocenters. The monoisotopic (exact) mass is 714 g/mol. The van der Waals surface area contributed by atoms with Gasteiger partial charge in [-0.3, -0.25) is 0 Å². The summed E-state index contributed by atoms with van der Waals surface area (Å²) in [5.74, 6) is 0. The van der Waals surface area contributed by atoms with Crippen LogP contribution >= 0.6 is 0 Å². The molecule has 0 nitrogen and oxygen atoms in total. The van der Waals surface area contributed by atoms with Crippen LogP contribution in [0.3, 0.4) is 0 Å². The van der Waals surface area contributed by atoms with Crippen molar-refractivity contribution in [3.8, 4) is 33.4 Å². The summed E-state index contributed by atoms with van der Waals surface area (Å²) in [6.07, 6.45) is 0. The minimum atomic E-state index is -2.02. The molecular weight excluding hydrogens is 677 g/mol. The first-order chi connectivity index (χ1) is 27.0. The van der Waals surface area contributed by atoms with Gasteiger partial charge in [0.25, 0.3) is 0 Å². The van der Waals surface area contributed by atoms with E-state index in [0.29, 0.717) is 0 Å². The molecule has 55 heavy (non-hydrogen) atoms. The van der Waals surface area contributed by atoms with Crippen LogP contribution in [-0.4, -0.2) is 8.07 Å². The Hall–Kier alpha value is -6.54. The first-order valence-electron chi connectivity index (χ1n) is 19.3. The highest BCUT2D eigenvalue weighted by Gasteiger charge is 2.29. The molecule has 11 rings (SSSR count). The van der Waals surface area contributed by atoms with Gasteiger partial charge in [-0.25, -0.2) is 0 Å². The van der Waals surface area contributed by atoms with Crippen molar-refractivity contribution in [1.29, 1.82) is 0 Å². The number of fused-ring (bicyclic) bond motifs is 3. The molecule has 0 aliphatic heterocycles.